The number of benzene rings is 1. The zero-order valence-electron chi connectivity index (χ0n) is 9.36. The van der Waals surface area contributed by atoms with Crippen molar-refractivity contribution >= 4 is 27.7 Å². The molecule has 0 saturated carbocycles. The lowest BCUT2D eigenvalue weighted by Gasteiger charge is -2.12. The zero-order chi connectivity index (χ0) is 13.0. The number of rotatable bonds is 3. The average molecular weight is 296 g/mol. The summed E-state index contributed by atoms with van der Waals surface area (Å²) in [4.78, 5) is 22.3. The number of hydrogen-bond acceptors (Lipinski definition) is 4. The maximum atomic E-state index is 11.6. The Hall–Kier alpha value is -1.67. The SMILES string of the molecule is COC(=O)c1c(C#N)cccc1C(Br)C(C)=O. The molecule has 1 aromatic carbocycles. The van der Waals surface area contributed by atoms with E-state index in [1.807, 2.05) is 6.07 Å². The summed E-state index contributed by atoms with van der Waals surface area (Å²) in [5, 5.41) is 8.95. The van der Waals surface area contributed by atoms with Gasteiger partial charge in [-0.2, -0.15) is 5.26 Å². The van der Waals surface area contributed by atoms with Crippen LogP contribution in [0.4, 0.5) is 0 Å². The van der Waals surface area contributed by atoms with E-state index in [1.165, 1.54) is 20.1 Å². The molecule has 0 amide bonds. The van der Waals surface area contributed by atoms with Gasteiger partial charge in [0.15, 0.2) is 0 Å². The molecule has 0 fully saturated rings. The Bertz CT molecular complexity index is 505. The number of esters is 1. The maximum Gasteiger partial charge on any atom is 0.339 e. The number of carbonyl (C=O) groups excluding carboxylic acids is 2. The first-order chi connectivity index (χ1) is 8.02. The minimum Gasteiger partial charge on any atom is -0.465 e. The number of Topliss-reactive ketones (excluding diaryl/α,β-unsaturated/α-hetero) is 1. The second-order valence-electron chi connectivity index (χ2n) is 3.35. The van der Waals surface area contributed by atoms with E-state index >= 15 is 0 Å². The number of ketones is 1. The Morgan fingerprint density at radius 1 is 1.47 bits per heavy atom. The summed E-state index contributed by atoms with van der Waals surface area (Å²) in [7, 11) is 1.23. The fourth-order valence-electron chi connectivity index (χ4n) is 1.42. The van der Waals surface area contributed by atoms with Crippen molar-refractivity contribution < 1.29 is 14.3 Å². The molecular weight excluding hydrogens is 286 g/mol. The number of halogens is 1. The number of carbonyl (C=O) groups is 2. The fraction of sp³-hybridized carbons (Fsp3) is 0.250. The first-order valence-corrected chi connectivity index (χ1v) is 5.70. The van der Waals surface area contributed by atoms with Crippen LogP contribution in [0, 0.1) is 11.3 Å². The van der Waals surface area contributed by atoms with Gasteiger partial charge in [-0.05, 0) is 18.6 Å². The van der Waals surface area contributed by atoms with E-state index < -0.39 is 10.8 Å². The standard InChI is InChI=1S/C12H10BrNO3/c1-7(15)11(13)9-5-3-4-8(6-14)10(9)12(16)17-2/h3-5,11H,1-2H3. The molecule has 1 unspecified atom stereocenters. The van der Waals surface area contributed by atoms with Crippen molar-refractivity contribution in [3.05, 3.63) is 34.9 Å². The summed E-state index contributed by atoms with van der Waals surface area (Å²) < 4.78 is 4.63. The largest absolute Gasteiger partial charge is 0.465 e. The number of ether oxygens (including phenoxy) is 1. The van der Waals surface area contributed by atoms with Gasteiger partial charge in [0, 0.05) is 0 Å². The zero-order valence-corrected chi connectivity index (χ0v) is 10.9. The van der Waals surface area contributed by atoms with Crippen molar-refractivity contribution in [2.45, 2.75) is 11.8 Å². The van der Waals surface area contributed by atoms with Gasteiger partial charge in [-0.15, -0.1) is 0 Å². The number of hydrogen-bond donors (Lipinski definition) is 0. The summed E-state index contributed by atoms with van der Waals surface area (Å²) in [5.74, 6) is -0.770. The minimum atomic E-state index is -0.622. The van der Waals surface area contributed by atoms with Crippen LogP contribution in [0.1, 0.15) is 33.2 Å². The van der Waals surface area contributed by atoms with Crippen LogP contribution in [0.25, 0.3) is 0 Å². The second kappa shape index (κ2) is 5.60. The molecule has 0 aromatic heterocycles. The molecule has 0 spiro atoms. The Morgan fingerprint density at radius 3 is 2.59 bits per heavy atom. The molecule has 0 bridgehead atoms. The van der Waals surface area contributed by atoms with E-state index in [2.05, 4.69) is 20.7 Å². The molecule has 4 nitrogen and oxygen atoms in total. The molecule has 88 valence electrons. The lowest BCUT2D eigenvalue weighted by atomic mass is 9.98. The summed E-state index contributed by atoms with van der Waals surface area (Å²) in [6.45, 7) is 1.40. The van der Waals surface area contributed by atoms with Gasteiger partial charge in [-0.1, -0.05) is 28.1 Å². The fourth-order valence-corrected chi connectivity index (χ4v) is 1.80. The van der Waals surface area contributed by atoms with Crippen LogP contribution in [0.5, 0.6) is 0 Å². The predicted molar refractivity (Wildman–Crippen MR) is 64.8 cm³/mol. The second-order valence-corrected chi connectivity index (χ2v) is 4.26. The van der Waals surface area contributed by atoms with Gasteiger partial charge in [0.2, 0.25) is 0 Å². The van der Waals surface area contributed by atoms with E-state index in [-0.39, 0.29) is 16.9 Å². The Balaban J connectivity index is 3.45. The third kappa shape index (κ3) is 2.71. The molecule has 0 aliphatic heterocycles. The van der Waals surface area contributed by atoms with Gasteiger partial charge in [0.1, 0.15) is 11.9 Å². The lowest BCUT2D eigenvalue weighted by Crippen LogP contribution is -2.12. The van der Waals surface area contributed by atoms with Gasteiger partial charge in [0.25, 0.3) is 0 Å². The van der Waals surface area contributed by atoms with Crippen molar-refractivity contribution in [1.82, 2.24) is 0 Å². The monoisotopic (exact) mass is 295 g/mol. The topological polar surface area (TPSA) is 67.2 Å². The van der Waals surface area contributed by atoms with Crippen LogP contribution in [0.3, 0.4) is 0 Å². The number of nitriles is 1. The van der Waals surface area contributed by atoms with Crippen LogP contribution in [-0.4, -0.2) is 18.9 Å². The third-order valence-electron chi connectivity index (χ3n) is 2.24. The molecule has 0 saturated heterocycles. The van der Waals surface area contributed by atoms with Crippen molar-refractivity contribution in [2.75, 3.05) is 7.11 Å². The van der Waals surface area contributed by atoms with E-state index in [9.17, 15) is 9.59 Å². The van der Waals surface area contributed by atoms with E-state index in [0.29, 0.717) is 5.56 Å². The molecule has 0 heterocycles. The Morgan fingerprint density at radius 2 is 2.12 bits per heavy atom. The maximum absolute atomic E-state index is 11.6. The summed E-state index contributed by atoms with van der Waals surface area (Å²) in [6, 6.07) is 6.66. The Kier molecular flexibility index (Phi) is 4.41. The van der Waals surface area contributed by atoms with E-state index in [4.69, 9.17) is 5.26 Å². The smallest absolute Gasteiger partial charge is 0.339 e. The number of methoxy groups -OCH3 is 1. The molecule has 0 aliphatic rings. The van der Waals surface area contributed by atoms with Crippen LogP contribution >= 0.6 is 15.9 Å². The lowest BCUT2D eigenvalue weighted by molar-refractivity contribution is -0.116. The van der Waals surface area contributed by atoms with Crippen molar-refractivity contribution in [2.24, 2.45) is 0 Å². The quantitative estimate of drug-likeness (QED) is 0.634. The average Bonchev–Trinajstić information content (AvgIpc) is 2.35. The van der Waals surface area contributed by atoms with Crippen LogP contribution < -0.4 is 0 Å². The molecule has 0 N–H and O–H groups in total. The van der Waals surface area contributed by atoms with Crippen molar-refractivity contribution in [1.29, 1.82) is 5.26 Å². The van der Waals surface area contributed by atoms with E-state index in [0.717, 1.165) is 0 Å². The molecule has 0 radical (unpaired) electrons. The number of nitrogens with zero attached hydrogens (tertiary/aromatic N) is 1. The Labute approximate surface area is 107 Å². The normalized spacial score (nSPS) is 11.4. The van der Waals surface area contributed by atoms with Gasteiger partial charge in [-0.3, -0.25) is 4.79 Å². The van der Waals surface area contributed by atoms with Gasteiger partial charge in [0.05, 0.1) is 23.1 Å². The first-order valence-electron chi connectivity index (χ1n) is 4.78. The molecule has 1 aromatic rings. The highest BCUT2D eigenvalue weighted by Crippen LogP contribution is 2.29. The molecule has 17 heavy (non-hydrogen) atoms. The molecule has 0 aliphatic carbocycles. The predicted octanol–water partition coefficient (Wildman–Crippen LogP) is 2.37. The van der Waals surface area contributed by atoms with Gasteiger partial charge in [-0.25, -0.2) is 4.79 Å². The van der Waals surface area contributed by atoms with Crippen LogP contribution in [-0.2, 0) is 9.53 Å². The summed E-state index contributed by atoms with van der Waals surface area (Å²) in [6.07, 6.45) is 0. The highest BCUT2D eigenvalue weighted by atomic mass is 79.9. The van der Waals surface area contributed by atoms with Crippen molar-refractivity contribution in [3.8, 4) is 6.07 Å². The van der Waals surface area contributed by atoms with Crippen LogP contribution in [0.2, 0.25) is 0 Å². The van der Waals surface area contributed by atoms with Crippen molar-refractivity contribution in [3.63, 3.8) is 0 Å². The summed E-state index contributed by atoms with van der Waals surface area (Å²) in [5.41, 5.74) is 0.776. The number of alkyl halides is 1. The molecule has 1 rings (SSSR count). The molecule has 1 atom stereocenters. The molecule has 5 heteroatoms. The van der Waals surface area contributed by atoms with E-state index in [1.54, 1.807) is 12.1 Å². The van der Waals surface area contributed by atoms with Crippen LogP contribution in [0.15, 0.2) is 18.2 Å². The molecular formula is C12H10BrNO3. The highest BCUT2D eigenvalue weighted by molar-refractivity contribution is 9.09. The minimum absolute atomic E-state index is 0.134. The third-order valence-corrected chi connectivity index (χ3v) is 3.37. The summed E-state index contributed by atoms with van der Waals surface area (Å²) >= 11 is 3.20. The highest BCUT2D eigenvalue weighted by Gasteiger charge is 2.23. The van der Waals surface area contributed by atoms with Gasteiger partial charge < -0.3 is 4.74 Å². The first kappa shape index (κ1) is 13.4. The van der Waals surface area contributed by atoms with Gasteiger partial charge >= 0.3 is 5.97 Å².